The van der Waals surface area contributed by atoms with Crippen molar-refractivity contribution in [2.24, 2.45) is 0 Å². The third kappa shape index (κ3) is 3.94. The lowest BCUT2D eigenvalue weighted by Gasteiger charge is -2.32. The monoisotopic (exact) mass is 372 g/mol. The number of halogens is 3. The van der Waals surface area contributed by atoms with Gasteiger partial charge in [-0.25, -0.2) is 0 Å². The molecule has 122 valence electrons. The standard InChI is InChI=1S/C16H15Cl3N2O2/c17-10-1-3-11(4-2-10)23-12-5-7-21(8-6-12)16(22)14-9-13(18)15(19)20-14/h1-4,9,12,20H,5-8H2. The summed E-state index contributed by atoms with van der Waals surface area (Å²) in [6.07, 6.45) is 1.64. The number of piperidine rings is 1. The summed E-state index contributed by atoms with van der Waals surface area (Å²) in [6.45, 7) is 1.26. The van der Waals surface area contributed by atoms with Crippen molar-refractivity contribution in [1.82, 2.24) is 9.88 Å². The number of rotatable bonds is 3. The topological polar surface area (TPSA) is 45.3 Å². The highest BCUT2D eigenvalue weighted by Gasteiger charge is 2.26. The van der Waals surface area contributed by atoms with Gasteiger partial charge in [0, 0.05) is 31.0 Å². The minimum atomic E-state index is -0.0938. The highest BCUT2D eigenvalue weighted by atomic mass is 35.5. The molecule has 0 spiro atoms. The number of nitrogens with one attached hydrogen (secondary N) is 1. The van der Waals surface area contributed by atoms with Gasteiger partial charge in [-0.1, -0.05) is 34.8 Å². The van der Waals surface area contributed by atoms with Crippen LogP contribution in [0.5, 0.6) is 5.75 Å². The molecule has 0 radical (unpaired) electrons. The molecule has 1 aliphatic heterocycles. The summed E-state index contributed by atoms with van der Waals surface area (Å²) in [7, 11) is 0. The molecule has 23 heavy (non-hydrogen) atoms. The van der Waals surface area contributed by atoms with Crippen molar-refractivity contribution in [3.05, 3.63) is 51.2 Å². The van der Waals surface area contributed by atoms with Gasteiger partial charge in [0.05, 0.1) is 5.02 Å². The first-order valence-corrected chi connectivity index (χ1v) is 8.42. The fourth-order valence-corrected chi connectivity index (χ4v) is 3.01. The lowest BCUT2D eigenvalue weighted by Crippen LogP contribution is -2.41. The van der Waals surface area contributed by atoms with Gasteiger partial charge in [-0.2, -0.15) is 0 Å². The predicted octanol–water partition coefficient (Wildman–Crippen LogP) is 4.66. The largest absolute Gasteiger partial charge is 0.490 e. The Balaban J connectivity index is 1.55. The second-order valence-corrected chi connectivity index (χ2v) is 6.63. The van der Waals surface area contributed by atoms with Gasteiger partial charge in [-0.15, -0.1) is 0 Å². The van der Waals surface area contributed by atoms with Crippen molar-refractivity contribution in [1.29, 1.82) is 0 Å². The lowest BCUT2D eigenvalue weighted by atomic mass is 10.1. The molecule has 3 rings (SSSR count). The van der Waals surface area contributed by atoms with E-state index in [1.807, 2.05) is 12.1 Å². The molecule has 1 fully saturated rings. The van der Waals surface area contributed by atoms with E-state index >= 15 is 0 Å². The molecule has 1 aromatic heterocycles. The van der Waals surface area contributed by atoms with Crippen LogP contribution in [0.3, 0.4) is 0 Å². The molecule has 1 N–H and O–H groups in total. The van der Waals surface area contributed by atoms with Gasteiger partial charge in [0.1, 0.15) is 22.7 Å². The fraction of sp³-hybridized carbons (Fsp3) is 0.312. The Labute approximate surface area is 149 Å². The predicted molar refractivity (Wildman–Crippen MR) is 91.8 cm³/mol. The van der Waals surface area contributed by atoms with Crippen molar-refractivity contribution in [2.45, 2.75) is 18.9 Å². The summed E-state index contributed by atoms with van der Waals surface area (Å²) in [5, 5.41) is 1.33. The minimum Gasteiger partial charge on any atom is -0.490 e. The number of nitrogens with zero attached hydrogens (tertiary/aromatic N) is 1. The molecule has 0 bridgehead atoms. The molecule has 4 nitrogen and oxygen atoms in total. The van der Waals surface area contributed by atoms with Gasteiger partial charge in [0.25, 0.3) is 5.91 Å². The first-order valence-electron chi connectivity index (χ1n) is 7.28. The Kier molecular flexibility index (Phi) is 5.05. The molecule has 7 heteroatoms. The number of hydrogen-bond donors (Lipinski definition) is 1. The van der Waals surface area contributed by atoms with Crippen LogP contribution in [0.25, 0.3) is 0 Å². The molecule has 0 saturated carbocycles. The van der Waals surface area contributed by atoms with Crippen molar-refractivity contribution < 1.29 is 9.53 Å². The van der Waals surface area contributed by atoms with Crippen LogP contribution in [0.1, 0.15) is 23.3 Å². The number of hydrogen-bond acceptors (Lipinski definition) is 2. The number of ether oxygens (including phenoxy) is 1. The number of carbonyl (C=O) groups excluding carboxylic acids is 1. The van der Waals surface area contributed by atoms with Gasteiger partial charge >= 0.3 is 0 Å². The number of amides is 1. The Bertz CT molecular complexity index is 672. The zero-order valence-electron chi connectivity index (χ0n) is 12.2. The van der Waals surface area contributed by atoms with Crippen LogP contribution in [0.15, 0.2) is 30.3 Å². The molecular weight excluding hydrogens is 359 g/mol. The average molecular weight is 374 g/mol. The highest BCUT2D eigenvalue weighted by Crippen LogP contribution is 2.25. The maximum Gasteiger partial charge on any atom is 0.270 e. The van der Waals surface area contributed by atoms with E-state index < -0.39 is 0 Å². The maximum absolute atomic E-state index is 12.4. The normalized spacial score (nSPS) is 15.7. The quantitative estimate of drug-likeness (QED) is 0.850. The van der Waals surface area contributed by atoms with E-state index in [1.165, 1.54) is 0 Å². The summed E-state index contributed by atoms with van der Waals surface area (Å²) in [6, 6.07) is 8.86. The summed E-state index contributed by atoms with van der Waals surface area (Å²) in [5.74, 6) is 0.700. The molecule has 1 saturated heterocycles. The third-order valence-electron chi connectivity index (χ3n) is 3.80. The molecule has 1 aliphatic rings. The van der Waals surface area contributed by atoms with Crippen molar-refractivity contribution in [3.63, 3.8) is 0 Å². The van der Waals surface area contributed by atoms with Crippen molar-refractivity contribution in [2.75, 3.05) is 13.1 Å². The number of likely N-dealkylation sites (tertiary alicyclic amines) is 1. The average Bonchev–Trinajstić information content (AvgIpc) is 2.89. The Morgan fingerprint density at radius 2 is 1.78 bits per heavy atom. The Morgan fingerprint density at radius 1 is 1.13 bits per heavy atom. The highest BCUT2D eigenvalue weighted by molar-refractivity contribution is 6.41. The number of benzene rings is 1. The van der Waals surface area contributed by atoms with E-state index in [-0.39, 0.29) is 17.2 Å². The van der Waals surface area contributed by atoms with Gasteiger partial charge in [0.15, 0.2) is 0 Å². The summed E-state index contributed by atoms with van der Waals surface area (Å²) in [4.78, 5) is 17.0. The fourth-order valence-electron chi connectivity index (χ4n) is 2.57. The number of H-pyrrole nitrogens is 1. The second kappa shape index (κ2) is 7.04. The molecule has 0 atom stereocenters. The molecule has 1 amide bonds. The van der Waals surface area contributed by atoms with Gasteiger partial charge < -0.3 is 14.6 Å². The van der Waals surface area contributed by atoms with Crippen LogP contribution in [0.2, 0.25) is 15.2 Å². The van der Waals surface area contributed by atoms with Crippen molar-refractivity contribution >= 4 is 40.7 Å². The SMILES string of the molecule is O=C(c1cc(Cl)c(Cl)[nH]1)N1CCC(Oc2ccc(Cl)cc2)CC1. The molecule has 0 unspecified atom stereocenters. The van der Waals surface area contributed by atoms with Gasteiger partial charge in [-0.3, -0.25) is 4.79 Å². The smallest absolute Gasteiger partial charge is 0.270 e. The molecule has 2 heterocycles. The molecule has 2 aromatic rings. The van der Waals surface area contributed by atoms with E-state index in [1.54, 1.807) is 23.1 Å². The first kappa shape index (κ1) is 16.5. The summed E-state index contributed by atoms with van der Waals surface area (Å²) >= 11 is 17.6. The van der Waals surface area contributed by atoms with Gasteiger partial charge in [0.2, 0.25) is 0 Å². The Hall–Kier alpha value is -1.36. The van der Waals surface area contributed by atoms with E-state index in [4.69, 9.17) is 39.5 Å². The zero-order chi connectivity index (χ0) is 16.4. The lowest BCUT2D eigenvalue weighted by molar-refractivity contribution is 0.0591. The number of aromatic nitrogens is 1. The van der Waals surface area contributed by atoms with E-state index in [2.05, 4.69) is 4.98 Å². The Morgan fingerprint density at radius 3 is 2.35 bits per heavy atom. The van der Waals surface area contributed by atoms with Gasteiger partial charge in [-0.05, 0) is 30.3 Å². The van der Waals surface area contributed by atoms with Crippen molar-refractivity contribution in [3.8, 4) is 5.75 Å². The summed E-state index contributed by atoms with van der Waals surface area (Å²) < 4.78 is 5.92. The van der Waals surface area contributed by atoms with Crippen LogP contribution in [-0.4, -0.2) is 35.0 Å². The number of aromatic amines is 1. The minimum absolute atomic E-state index is 0.0936. The van der Waals surface area contributed by atoms with E-state index in [0.717, 1.165) is 18.6 Å². The van der Waals surface area contributed by atoms with E-state index in [0.29, 0.717) is 28.8 Å². The molecule has 0 aliphatic carbocycles. The third-order valence-corrected chi connectivity index (χ3v) is 4.75. The zero-order valence-corrected chi connectivity index (χ0v) is 14.5. The van der Waals surface area contributed by atoms with Crippen LogP contribution in [0.4, 0.5) is 0 Å². The van der Waals surface area contributed by atoms with Crippen LogP contribution in [0, 0.1) is 0 Å². The van der Waals surface area contributed by atoms with Crippen LogP contribution < -0.4 is 4.74 Å². The first-order chi connectivity index (χ1) is 11.0. The molecular formula is C16H15Cl3N2O2. The maximum atomic E-state index is 12.4. The summed E-state index contributed by atoms with van der Waals surface area (Å²) in [5.41, 5.74) is 0.414. The van der Waals surface area contributed by atoms with Crippen LogP contribution in [-0.2, 0) is 0 Å². The molecule has 1 aromatic carbocycles. The number of carbonyl (C=O) groups is 1. The second-order valence-electron chi connectivity index (χ2n) is 5.41. The van der Waals surface area contributed by atoms with Crippen LogP contribution >= 0.6 is 34.8 Å². The van der Waals surface area contributed by atoms with E-state index in [9.17, 15) is 4.79 Å².